The number of piperazine rings is 1. The molecule has 6 nitrogen and oxygen atoms in total. The van der Waals surface area contributed by atoms with Gasteiger partial charge in [0, 0.05) is 43.0 Å². The summed E-state index contributed by atoms with van der Waals surface area (Å²) in [6, 6.07) is 11.7. The molecule has 146 valence electrons. The first-order valence-corrected chi connectivity index (χ1v) is 10.5. The molecular weight excluding hydrogens is 372 g/mol. The summed E-state index contributed by atoms with van der Waals surface area (Å²) >= 11 is 1.79. The van der Waals surface area contributed by atoms with Gasteiger partial charge in [0.05, 0.1) is 11.1 Å². The smallest absolute Gasteiger partial charge is 0.275 e. The van der Waals surface area contributed by atoms with E-state index in [4.69, 9.17) is 0 Å². The van der Waals surface area contributed by atoms with Crippen molar-refractivity contribution < 1.29 is 4.79 Å². The van der Waals surface area contributed by atoms with Gasteiger partial charge in [-0.3, -0.25) is 14.5 Å². The van der Waals surface area contributed by atoms with E-state index in [0.29, 0.717) is 18.5 Å². The van der Waals surface area contributed by atoms with Crippen LogP contribution in [0.25, 0.3) is 10.8 Å². The van der Waals surface area contributed by atoms with Crippen LogP contribution in [-0.2, 0) is 17.8 Å². The second kappa shape index (κ2) is 8.24. The minimum atomic E-state index is -0.205. The molecule has 0 atom stereocenters. The van der Waals surface area contributed by atoms with Gasteiger partial charge in [0.25, 0.3) is 5.56 Å². The lowest BCUT2D eigenvalue weighted by atomic mass is 10.1. The molecule has 0 radical (unpaired) electrons. The van der Waals surface area contributed by atoms with Crippen LogP contribution in [0.5, 0.6) is 0 Å². The Hall–Kier alpha value is -2.51. The monoisotopic (exact) mass is 396 g/mol. The lowest BCUT2D eigenvalue weighted by molar-refractivity contribution is -0.133. The molecule has 4 rings (SSSR count). The summed E-state index contributed by atoms with van der Waals surface area (Å²) in [5.74, 6) is -0.0396. The van der Waals surface area contributed by atoms with Crippen LogP contribution in [0, 0.1) is 6.92 Å². The number of fused-ring (bicyclic) bond motifs is 1. The fraction of sp³-hybridized carbons (Fsp3) is 0.381. The highest BCUT2D eigenvalue weighted by atomic mass is 32.1. The van der Waals surface area contributed by atoms with Crippen molar-refractivity contribution in [2.45, 2.75) is 19.9 Å². The first-order valence-electron chi connectivity index (χ1n) is 9.61. The van der Waals surface area contributed by atoms with E-state index in [9.17, 15) is 9.59 Å². The van der Waals surface area contributed by atoms with E-state index in [1.807, 2.05) is 30.0 Å². The number of amides is 1. The lowest BCUT2D eigenvalue weighted by Gasteiger charge is -2.34. The standard InChI is InChI=1S/C21H24N4O2S/c1-16-18-6-2-3-7-19(18)21(27)25(22-16)15-20(26)24-12-10-23(11-13-24)9-8-17-5-4-14-28-17/h2-7,14H,8-13,15H2,1H3. The molecule has 0 N–H and O–H groups in total. The minimum absolute atomic E-state index is 0.000295. The van der Waals surface area contributed by atoms with Gasteiger partial charge in [-0.2, -0.15) is 5.10 Å². The van der Waals surface area contributed by atoms with Gasteiger partial charge in [-0.15, -0.1) is 11.3 Å². The Balaban J connectivity index is 1.37. The Kier molecular flexibility index (Phi) is 5.54. The summed E-state index contributed by atoms with van der Waals surface area (Å²) in [5, 5.41) is 7.92. The minimum Gasteiger partial charge on any atom is -0.339 e. The number of benzene rings is 1. The quantitative estimate of drug-likeness (QED) is 0.663. The van der Waals surface area contributed by atoms with E-state index >= 15 is 0 Å². The van der Waals surface area contributed by atoms with Crippen molar-refractivity contribution in [3.8, 4) is 0 Å². The average Bonchev–Trinajstić information content (AvgIpc) is 3.24. The molecule has 0 saturated carbocycles. The maximum absolute atomic E-state index is 12.7. The molecule has 0 bridgehead atoms. The van der Waals surface area contributed by atoms with Crippen molar-refractivity contribution in [2.24, 2.45) is 0 Å². The van der Waals surface area contributed by atoms with Gasteiger partial charge in [-0.25, -0.2) is 4.68 Å². The van der Waals surface area contributed by atoms with Crippen molar-refractivity contribution in [2.75, 3.05) is 32.7 Å². The first kappa shape index (κ1) is 18.8. The summed E-state index contributed by atoms with van der Waals surface area (Å²) in [7, 11) is 0. The molecule has 0 spiro atoms. The molecule has 1 aliphatic rings. The van der Waals surface area contributed by atoms with Gasteiger partial charge >= 0.3 is 0 Å². The average molecular weight is 397 g/mol. The molecular formula is C21H24N4O2S. The van der Waals surface area contributed by atoms with E-state index in [1.54, 1.807) is 17.4 Å². The molecule has 1 saturated heterocycles. The van der Waals surface area contributed by atoms with Crippen LogP contribution in [0.3, 0.4) is 0 Å². The maximum Gasteiger partial charge on any atom is 0.275 e. The second-order valence-corrected chi connectivity index (χ2v) is 8.18. The van der Waals surface area contributed by atoms with Crippen LogP contribution in [-0.4, -0.2) is 58.2 Å². The number of rotatable bonds is 5. The van der Waals surface area contributed by atoms with E-state index in [0.717, 1.165) is 37.1 Å². The van der Waals surface area contributed by atoms with Crippen molar-refractivity contribution in [3.63, 3.8) is 0 Å². The number of nitrogens with zero attached hydrogens (tertiary/aromatic N) is 4. The highest BCUT2D eigenvalue weighted by molar-refractivity contribution is 7.09. The molecule has 1 aromatic carbocycles. The normalized spacial score (nSPS) is 15.2. The Morgan fingerprint density at radius 1 is 1.07 bits per heavy atom. The molecule has 1 fully saturated rings. The summed E-state index contributed by atoms with van der Waals surface area (Å²) in [4.78, 5) is 31.0. The number of aromatic nitrogens is 2. The number of aryl methyl sites for hydroxylation is 1. The van der Waals surface area contributed by atoms with Gasteiger partial charge in [0.15, 0.2) is 0 Å². The van der Waals surface area contributed by atoms with Crippen LogP contribution in [0.2, 0.25) is 0 Å². The van der Waals surface area contributed by atoms with Crippen LogP contribution in [0.15, 0.2) is 46.6 Å². The zero-order valence-corrected chi connectivity index (χ0v) is 16.8. The van der Waals surface area contributed by atoms with E-state index < -0.39 is 0 Å². The number of thiophene rings is 1. The highest BCUT2D eigenvalue weighted by Gasteiger charge is 2.22. The lowest BCUT2D eigenvalue weighted by Crippen LogP contribution is -2.50. The fourth-order valence-electron chi connectivity index (χ4n) is 3.68. The van der Waals surface area contributed by atoms with E-state index in [-0.39, 0.29) is 18.0 Å². The molecule has 1 aliphatic heterocycles. The third-order valence-corrected chi connectivity index (χ3v) is 6.25. The fourth-order valence-corrected chi connectivity index (χ4v) is 4.38. The number of hydrogen-bond acceptors (Lipinski definition) is 5. The van der Waals surface area contributed by atoms with E-state index in [1.165, 1.54) is 9.56 Å². The Morgan fingerprint density at radius 2 is 1.82 bits per heavy atom. The van der Waals surface area contributed by atoms with Gasteiger partial charge in [0.1, 0.15) is 6.54 Å². The summed E-state index contributed by atoms with van der Waals surface area (Å²) in [5.41, 5.74) is 0.561. The zero-order valence-electron chi connectivity index (χ0n) is 16.0. The van der Waals surface area contributed by atoms with Crippen molar-refractivity contribution in [1.29, 1.82) is 0 Å². The SMILES string of the molecule is Cc1nn(CC(=O)N2CCN(CCc3cccs3)CC2)c(=O)c2ccccc12. The van der Waals surface area contributed by atoms with E-state index in [2.05, 4.69) is 27.5 Å². The molecule has 7 heteroatoms. The van der Waals surface area contributed by atoms with Gasteiger partial charge < -0.3 is 4.90 Å². The van der Waals surface area contributed by atoms with Crippen molar-refractivity contribution >= 4 is 28.0 Å². The molecule has 1 amide bonds. The zero-order chi connectivity index (χ0) is 19.5. The van der Waals surface area contributed by atoms with Crippen LogP contribution < -0.4 is 5.56 Å². The van der Waals surface area contributed by atoms with Crippen LogP contribution in [0.1, 0.15) is 10.6 Å². The molecule has 0 aliphatic carbocycles. The Labute approximate surface area is 168 Å². The predicted molar refractivity (Wildman–Crippen MR) is 112 cm³/mol. The summed E-state index contributed by atoms with van der Waals surface area (Å²) < 4.78 is 1.31. The van der Waals surface area contributed by atoms with Crippen LogP contribution in [0.4, 0.5) is 0 Å². The Morgan fingerprint density at radius 3 is 2.54 bits per heavy atom. The van der Waals surface area contributed by atoms with Gasteiger partial charge in [-0.1, -0.05) is 24.3 Å². The summed E-state index contributed by atoms with van der Waals surface area (Å²) in [6.07, 6.45) is 1.06. The topological polar surface area (TPSA) is 58.4 Å². The number of carbonyl (C=O) groups excluding carboxylic acids is 1. The highest BCUT2D eigenvalue weighted by Crippen LogP contribution is 2.13. The van der Waals surface area contributed by atoms with Crippen molar-refractivity contribution in [1.82, 2.24) is 19.6 Å². The molecule has 3 aromatic rings. The van der Waals surface area contributed by atoms with Crippen molar-refractivity contribution in [3.05, 3.63) is 62.7 Å². The predicted octanol–water partition coefficient (Wildman–Crippen LogP) is 2.15. The maximum atomic E-state index is 12.7. The molecule has 0 unspecified atom stereocenters. The third-order valence-electron chi connectivity index (χ3n) is 5.32. The van der Waals surface area contributed by atoms with Gasteiger partial charge in [0.2, 0.25) is 5.91 Å². The molecule has 2 aromatic heterocycles. The molecule has 28 heavy (non-hydrogen) atoms. The molecule has 3 heterocycles. The van der Waals surface area contributed by atoms with Crippen LogP contribution >= 0.6 is 11.3 Å². The number of hydrogen-bond donors (Lipinski definition) is 0. The summed E-state index contributed by atoms with van der Waals surface area (Å²) in [6.45, 7) is 6.03. The Bertz CT molecular complexity index is 1020. The second-order valence-electron chi connectivity index (χ2n) is 7.15. The first-order chi connectivity index (χ1) is 13.6. The largest absolute Gasteiger partial charge is 0.339 e. The number of carbonyl (C=O) groups is 1. The third kappa shape index (κ3) is 4.00. The van der Waals surface area contributed by atoms with Gasteiger partial charge in [-0.05, 0) is 30.9 Å².